The largest absolute Gasteiger partial charge is 0.453 e. The minimum absolute atomic E-state index is 0.0735. The molecule has 2 aromatic rings. The van der Waals surface area contributed by atoms with Gasteiger partial charge in [-0.15, -0.1) is 0 Å². The Morgan fingerprint density at radius 3 is 2.80 bits per heavy atom. The average Bonchev–Trinajstić information content (AvgIpc) is 3.19. The molecule has 2 heterocycles. The van der Waals surface area contributed by atoms with Crippen LogP contribution in [0, 0.1) is 12.7 Å². The lowest BCUT2D eigenvalue weighted by Gasteiger charge is -2.23. The van der Waals surface area contributed by atoms with E-state index in [1.807, 2.05) is 6.92 Å². The van der Waals surface area contributed by atoms with E-state index in [-0.39, 0.29) is 17.8 Å². The zero-order valence-electron chi connectivity index (χ0n) is 17.3. The molecule has 0 bridgehead atoms. The topological polar surface area (TPSA) is 86.8 Å². The smallest absolute Gasteiger partial charge is 0.409 e. The van der Waals surface area contributed by atoms with Gasteiger partial charge >= 0.3 is 12.1 Å². The molecule has 0 radical (unpaired) electrons. The minimum atomic E-state index is -0.544. The van der Waals surface area contributed by atoms with Crippen molar-refractivity contribution in [3.8, 4) is 0 Å². The lowest BCUT2D eigenvalue weighted by atomic mass is 10.2. The van der Waals surface area contributed by atoms with Gasteiger partial charge in [0.05, 0.1) is 24.7 Å². The van der Waals surface area contributed by atoms with Crippen LogP contribution >= 0.6 is 0 Å². The van der Waals surface area contributed by atoms with Gasteiger partial charge in [0, 0.05) is 38.4 Å². The molecule has 1 aromatic carbocycles. The van der Waals surface area contributed by atoms with Crippen molar-refractivity contribution in [2.45, 2.75) is 25.9 Å². The molecule has 2 N–H and O–H groups in total. The predicted octanol–water partition coefficient (Wildman–Crippen LogP) is 3.45. The summed E-state index contributed by atoms with van der Waals surface area (Å²) >= 11 is 0. The molecule has 160 valence electrons. The van der Waals surface area contributed by atoms with E-state index in [1.165, 1.54) is 19.4 Å². The van der Waals surface area contributed by atoms with Gasteiger partial charge in [-0.1, -0.05) is 6.07 Å². The van der Waals surface area contributed by atoms with Crippen LogP contribution in [0.1, 0.15) is 17.7 Å². The highest BCUT2D eigenvalue weighted by Gasteiger charge is 2.28. The average molecular weight is 415 g/mol. The summed E-state index contributed by atoms with van der Waals surface area (Å²) < 4.78 is 19.0. The SMILES string of the molecule is COC(=O)N(C)[C@@H]1CCN(Cc2ccc(F)c(NC(=O)Nc3ccc(C)nc3)c2)C1. The number of nitrogens with one attached hydrogen (secondary N) is 2. The Balaban J connectivity index is 1.59. The Kier molecular flexibility index (Phi) is 6.83. The Morgan fingerprint density at radius 1 is 1.30 bits per heavy atom. The Labute approximate surface area is 175 Å². The van der Waals surface area contributed by atoms with Crippen LogP contribution in [0.5, 0.6) is 0 Å². The third-order valence-electron chi connectivity index (χ3n) is 5.11. The van der Waals surface area contributed by atoms with Crippen molar-refractivity contribution in [3.05, 3.63) is 53.6 Å². The van der Waals surface area contributed by atoms with Gasteiger partial charge in [-0.3, -0.25) is 9.88 Å². The van der Waals surface area contributed by atoms with E-state index < -0.39 is 11.8 Å². The number of aromatic nitrogens is 1. The predicted molar refractivity (Wildman–Crippen MR) is 112 cm³/mol. The Bertz CT molecular complexity index is 906. The molecule has 9 heteroatoms. The number of likely N-dealkylation sites (N-methyl/N-ethyl adjacent to an activating group) is 1. The number of anilines is 2. The van der Waals surface area contributed by atoms with Crippen LogP contribution in [0.3, 0.4) is 0 Å². The molecule has 1 fully saturated rings. The third kappa shape index (κ3) is 5.44. The zero-order valence-corrected chi connectivity index (χ0v) is 17.3. The third-order valence-corrected chi connectivity index (χ3v) is 5.11. The van der Waals surface area contributed by atoms with Crippen LogP contribution in [0.4, 0.5) is 25.4 Å². The van der Waals surface area contributed by atoms with Gasteiger partial charge in [0.25, 0.3) is 0 Å². The van der Waals surface area contributed by atoms with E-state index >= 15 is 0 Å². The van der Waals surface area contributed by atoms with E-state index in [2.05, 4.69) is 20.5 Å². The fourth-order valence-corrected chi connectivity index (χ4v) is 3.42. The maximum atomic E-state index is 14.2. The van der Waals surface area contributed by atoms with Crippen molar-refractivity contribution in [3.63, 3.8) is 0 Å². The summed E-state index contributed by atoms with van der Waals surface area (Å²) in [6.45, 7) is 3.95. The number of likely N-dealkylation sites (tertiary alicyclic amines) is 1. The number of hydrogen-bond donors (Lipinski definition) is 2. The molecule has 0 unspecified atom stereocenters. The van der Waals surface area contributed by atoms with Crippen LogP contribution in [0.2, 0.25) is 0 Å². The van der Waals surface area contributed by atoms with Gasteiger partial charge in [0.1, 0.15) is 5.82 Å². The molecule has 1 atom stereocenters. The number of amides is 3. The molecule has 3 amide bonds. The first-order chi connectivity index (χ1) is 14.4. The molecule has 1 saturated heterocycles. The first kappa shape index (κ1) is 21.5. The quantitative estimate of drug-likeness (QED) is 0.781. The number of carbonyl (C=O) groups is 2. The Hall–Kier alpha value is -3.20. The number of nitrogens with zero attached hydrogens (tertiary/aromatic N) is 3. The van der Waals surface area contributed by atoms with Gasteiger partial charge in [0.15, 0.2) is 0 Å². The van der Waals surface area contributed by atoms with Crippen molar-refractivity contribution < 1.29 is 18.7 Å². The number of urea groups is 1. The van der Waals surface area contributed by atoms with Crippen LogP contribution in [0.15, 0.2) is 36.5 Å². The molecule has 30 heavy (non-hydrogen) atoms. The maximum absolute atomic E-state index is 14.2. The highest BCUT2D eigenvalue weighted by Crippen LogP contribution is 2.21. The number of pyridine rings is 1. The standard InChI is InChI=1S/C21H26FN5O3/c1-14-4-6-16(11-23-14)24-20(28)25-19-10-15(5-7-18(19)22)12-27-9-8-17(13-27)26(2)21(29)30-3/h4-7,10-11,17H,8-9,12-13H2,1-3H3,(H2,24,25,28)/t17-/m1/s1. The summed E-state index contributed by atoms with van der Waals surface area (Å²) in [6, 6.07) is 7.69. The van der Waals surface area contributed by atoms with Crippen LogP contribution in [-0.2, 0) is 11.3 Å². The maximum Gasteiger partial charge on any atom is 0.409 e. The number of halogens is 1. The van der Waals surface area contributed by atoms with Gasteiger partial charge in [-0.2, -0.15) is 0 Å². The monoisotopic (exact) mass is 415 g/mol. The van der Waals surface area contributed by atoms with Gasteiger partial charge in [0.2, 0.25) is 0 Å². The number of benzene rings is 1. The van der Waals surface area contributed by atoms with E-state index in [0.29, 0.717) is 18.8 Å². The second kappa shape index (κ2) is 9.53. The van der Waals surface area contributed by atoms with E-state index in [9.17, 15) is 14.0 Å². The number of methoxy groups -OCH3 is 1. The molecule has 0 spiro atoms. The van der Waals surface area contributed by atoms with E-state index in [0.717, 1.165) is 24.2 Å². The first-order valence-electron chi connectivity index (χ1n) is 9.68. The molecule has 1 aliphatic heterocycles. The fraction of sp³-hybridized carbons (Fsp3) is 0.381. The van der Waals surface area contributed by atoms with E-state index in [4.69, 9.17) is 4.74 Å². The second-order valence-electron chi connectivity index (χ2n) is 7.34. The number of aryl methyl sites for hydroxylation is 1. The van der Waals surface area contributed by atoms with Crippen molar-refractivity contribution >= 4 is 23.5 Å². The molecular formula is C21H26FN5O3. The van der Waals surface area contributed by atoms with Crippen molar-refractivity contribution in [1.82, 2.24) is 14.8 Å². The fourth-order valence-electron chi connectivity index (χ4n) is 3.42. The highest BCUT2D eigenvalue weighted by atomic mass is 19.1. The molecule has 0 saturated carbocycles. The van der Waals surface area contributed by atoms with Crippen molar-refractivity contribution in [1.29, 1.82) is 0 Å². The normalized spacial score (nSPS) is 16.2. The van der Waals surface area contributed by atoms with Gasteiger partial charge in [-0.05, 0) is 43.2 Å². The number of hydrogen-bond acceptors (Lipinski definition) is 5. The summed E-state index contributed by atoms with van der Waals surface area (Å²) in [5.41, 5.74) is 2.33. The van der Waals surface area contributed by atoms with Crippen LogP contribution in [-0.4, -0.2) is 60.2 Å². The molecule has 1 aliphatic rings. The van der Waals surface area contributed by atoms with Crippen LogP contribution in [0.25, 0.3) is 0 Å². The van der Waals surface area contributed by atoms with E-state index in [1.54, 1.807) is 36.2 Å². The molecule has 0 aliphatic carbocycles. The molecular weight excluding hydrogens is 389 g/mol. The number of rotatable bonds is 5. The summed E-state index contributed by atoms with van der Waals surface area (Å²) in [4.78, 5) is 31.8. The highest BCUT2D eigenvalue weighted by molar-refractivity contribution is 5.99. The van der Waals surface area contributed by atoms with Crippen molar-refractivity contribution in [2.24, 2.45) is 0 Å². The lowest BCUT2D eigenvalue weighted by molar-refractivity contribution is 0.118. The molecule has 8 nitrogen and oxygen atoms in total. The summed E-state index contributed by atoms with van der Waals surface area (Å²) in [5, 5.41) is 5.18. The minimum Gasteiger partial charge on any atom is -0.453 e. The summed E-state index contributed by atoms with van der Waals surface area (Å²) in [5.74, 6) is -0.513. The lowest BCUT2D eigenvalue weighted by Crippen LogP contribution is -2.38. The van der Waals surface area contributed by atoms with Crippen molar-refractivity contribution in [2.75, 3.05) is 37.9 Å². The van der Waals surface area contributed by atoms with Crippen LogP contribution < -0.4 is 10.6 Å². The molecule has 1 aromatic heterocycles. The van der Waals surface area contributed by atoms with Gasteiger partial charge in [-0.25, -0.2) is 14.0 Å². The second-order valence-corrected chi connectivity index (χ2v) is 7.34. The Morgan fingerprint density at radius 2 is 2.10 bits per heavy atom. The summed E-state index contributed by atoms with van der Waals surface area (Å²) in [6.07, 6.45) is 2.02. The summed E-state index contributed by atoms with van der Waals surface area (Å²) in [7, 11) is 3.09. The number of carbonyl (C=O) groups excluding carboxylic acids is 2. The molecule has 3 rings (SSSR count). The zero-order chi connectivity index (χ0) is 21.7. The van der Waals surface area contributed by atoms with Gasteiger partial charge < -0.3 is 20.3 Å². The number of ether oxygens (including phenoxy) is 1. The first-order valence-corrected chi connectivity index (χ1v) is 9.68.